The number of thioether (sulfide) groups is 1. The number of aryl methyl sites for hydroxylation is 1. The van der Waals surface area contributed by atoms with Gasteiger partial charge in [-0.15, -0.1) is 11.8 Å². The molecule has 3 heteroatoms. The zero-order valence-corrected chi connectivity index (χ0v) is 10.9. The molecule has 1 unspecified atom stereocenters. The Morgan fingerprint density at radius 3 is 2.88 bits per heavy atom. The fraction of sp³-hybridized carbons (Fsp3) is 0.571. The summed E-state index contributed by atoms with van der Waals surface area (Å²) in [7, 11) is 0. The van der Waals surface area contributed by atoms with Crippen LogP contribution >= 0.6 is 11.8 Å². The second kappa shape index (κ2) is 4.63. The number of benzene rings is 1. The van der Waals surface area contributed by atoms with E-state index in [1.54, 1.807) is 0 Å². The second-order valence-electron chi connectivity index (χ2n) is 5.34. The van der Waals surface area contributed by atoms with Gasteiger partial charge in [-0.1, -0.05) is 12.1 Å². The van der Waals surface area contributed by atoms with E-state index >= 15 is 0 Å². The average molecular weight is 248 g/mol. The predicted octanol–water partition coefficient (Wildman–Crippen LogP) is 2.46. The van der Waals surface area contributed by atoms with Gasteiger partial charge in [-0.3, -0.25) is 0 Å². The van der Waals surface area contributed by atoms with E-state index in [0.29, 0.717) is 12.0 Å². The highest BCUT2D eigenvalue weighted by molar-refractivity contribution is 7.99. The summed E-state index contributed by atoms with van der Waals surface area (Å²) in [6.45, 7) is 0. The van der Waals surface area contributed by atoms with Crippen molar-refractivity contribution < 1.29 is 0 Å². The molecule has 0 radical (unpaired) electrons. The molecule has 1 fully saturated rings. The van der Waals surface area contributed by atoms with Gasteiger partial charge < -0.3 is 11.5 Å². The van der Waals surface area contributed by atoms with Crippen LogP contribution in [0.2, 0.25) is 0 Å². The summed E-state index contributed by atoms with van der Waals surface area (Å²) in [5, 5.41) is 0. The number of fused-ring (bicyclic) bond motifs is 1. The quantitative estimate of drug-likeness (QED) is 0.845. The number of rotatable bonds is 2. The van der Waals surface area contributed by atoms with E-state index in [2.05, 4.69) is 18.2 Å². The van der Waals surface area contributed by atoms with E-state index in [4.69, 9.17) is 11.5 Å². The van der Waals surface area contributed by atoms with Crippen LogP contribution in [0.3, 0.4) is 0 Å². The zero-order valence-electron chi connectivity index (χ0n) is 10.1. The third-order valence-electron chi connectivity index (χ3n) is 4.04. The average Bonchev–Trinajstić information content (AvgIpc) is 2.33. The molecule has 2 nitrogen and oxygen atoms in total. The summed E-state index contributed by atoms with van der Waals surface area (Å²) in [6.07, 6.45) is 4.69. The van der Waals surface area contributed by atoms with Gasteiger partial charge in [0.15, 0.2) is 0 Å². The molecule has 1 saturated carbocycles. The molecule has 0 saturated heterocycles. The minimum absolute atomic E-state index is 0.187. The minimum Gasteiger partial charge on any atom is -0.328 e. The van der Waals surface area contributed by atoms with Crippen molar-refractivity contribution in [1.82, 2.24) is 0 Å². The standard InChI is InChI=1S/C14H20N2S/c15-12-7-11(8-12)14(16)10-3-4-13-9(6-10)2-1-5-17-13/h3-4,6,11-12,14H,1-2,5,7-8,15-16H2. The molecular weight excluding hydrogens is 228 g/mol. The van der Waals surface area contributed by atoms with Crippen molar-refractivity contribution in [2.45, 2.75) is 42.7 Å². The van der Waals surface area contributed by atoms with Crippen molar-refractivity contribution >= 4 is 11.8 Å². The summed E-state index contributed by atoms with van der Waals surface area (Å²) < 4.78 is 0. The molecule has 1 heterocycles. The third-order valence-corrected chi connectivity index (χ3v) is 5.24. The summed E-state index contributed by atoms with van der Waals surface area (Å²) in [6, 6.07) is 7.38. The monoisotopic (exact) mass is 248 g/mol. The van der Waals surface area contributed by atoms with Crippen LogP contribution in [0.15, 0.2) is 23.1 Å². The largest absolute Gasteiger partial charge is 0.328 e. The van der Waals surface area contributed by atoms with Gasteiger partial charge in [0.05, 0.1) is 0 Å². The van der Waals surface area contributed by atoms with E-state index in [0.717, 1.165) is 12.8 Å². The SMILES string of the molecule is NC1CC(C(N)c2ccc3c(c2)CCCS3)C1. The van der Waals surface area contributed by atoms with Gasteiger partial charge in [0.2, 0.25) is 0 Å². The van der Waals surface area contributed by atoms with Gasteiger partial charge in [-0.2, -0.15) is 0 Å². The van der Waals surface area contributed by atoms with Crippen molar-refractivity contribution in [1.29, 1.82) is 0 Å². The maximum atomic E-state index is 6.33. The maximum Gasteiger partial charge on any atom is 0.0324 e. The normalized spacial score (nSPS) is 29.3. The summed E-state index contributed by atoms with van der Waals surface area (Å²) >= 11 is 1.98. The minimum atomic E-state index is 0.187. The van der Waals surface area contributed by atoms with Crippen LogP contribution in [0, 0.1) is 5.92 Å². The Morgan fingerprint density at radius 2 is 2.12 bits per heavy atom. The fourth-order valence-corrected chi connectivity index (χ4v) is 3.88. The fourth-order valence-electron chi connectivity index (χ4n) is 2.86. The summed E-state index contributed by atoms with van der Waals surface area (Å²) in [5.41, 5.74) is 15.0. The third kappa shape index (κ3) is 2.24. The van der Waals surface area contributed by atoms with Gasteiger partial charge in [-0.05, 0) is 54.5 Å². The topological polar surface area (TPSA) is 52.0 Å². The van der Waals surface area contributed by atoms with Crippen LogP contribution in [0.1, 0.15) is 36.4 Å². The Kier molecular flexibility index (Phi) is 3.16. The van der Waals surface area contributed by atoms with Gasteiger partial charge in [-0.25, -0.2) is 0 Å². The summed E-state index contributed by atoms with van der Waals surface area (Å²) in [4.78, 5) is 1.46. The lowest BCUT2D eigenvalue weighted by Gasteiger charge is -2.37. The molecule has 1 aromatic rings. The molecule has 1 atom stereocenters. The molecule has 0 amide bonds. The smallest absolute Gasteiger partial charge is 0.0324 e. The van der Waals surface area contributed by atoms with Crippen molar-refractivity contribution in [3.63, 3.8) is 0 Å². The second-order valence-corrected chi connectivity index (χ2v) is 6.47. The first-order chi connectivity index (χ1) is 8.24. The lowest BCUT2D eigenvalue weighted by Crippen LogP contribution is -2.41. The first-order valence-corrected chi connectivity index (χ1v) is 7.49. The van der Waals surface area contributed by atoms with Crippen LogP contribution in [-0.4, -0.2) is 11.8 Å². The summed E-state index contributed by atoms with van der Waals surface area (Å²) in [5.74, 6) is 1.86. The Hall–Kier alpha value is -0.510. The molecule has 3 rings (SSSR count). The lowest BCUT2D eigenvalue weighted by molar-refractivity contribution is 0.224. The Labute approximate surface area is 107 Å². The van der Waals surface area contributed by atoms with Crippen molar-refractivity contribution in [2.75, 3.05) is 5.75 Å². The number of hydrogen-bond donors (Lipinski definition) is 2. The molecule has 1 aliphatic heterocycles. The van der Waals surface area contributed by atoms with E-state index in [1.165, 1.54) is 34.6 Å². The van der Waals surface area contributed by atoms with E-state index in [1.807, 2.05) is 11.8 Å². The molecule has 17 heavy (non-hydrogen) atoms. The Morgan fingerprint density at radius 1 is 1.29 bits per heavy atom. The molecule has 1 aromatic carbocycles. The van der Waals surface area contributed by atoms with Crippen LogP contribution in [0.4, 0.5) is 0 Å². The van der Waals surface area contributed by atoms with Crippen molar-refractivity contribution in [3.8, 4) is 0 Å². The Bertz CT molecular complexity index is 413. The van der Waals surface area contributed by atoms with Crippen LogP contribution in [-0.2, 0) is 6.42 Å². The predicted molar refractivity (Wildman–Crippen MR) is 73.1 cm³/mol. The molecular formula is C14H20N2S. The van der Waals surface area contributed by atoms with Crippen molar-refractivity contribution in [3.05, 3.63) is 29.3 Å². The first-order valence-electron chi connectivity index (χ1n) is 6.51. The molecule has 1 aliphatic carbocycles. The number of nitrogens with two attached hydrogens (primary N) is 2. The molecule has 4 N–H and O–H groups in total. The molecule has 0 aromatic heterocycles. The van der Waals surface area contributed by atoms with Gasteiger partial charge >= 0.3 is 0 Å². The number of hydrogen-bond acceptors (Lipinski definition) is 3. The van der Waals surface area contributed by atoms with E-state index in [-0.39, 0.29) is 6.04 Å². The maximum absolute atomic E-state index is 6.33. The van der Waals surface area contributed by atoms with Gasteiger partial charge in [0.25, 0.3) is 0 Å². The van der Waals surface area contributed by atoms with E-state index < -0.39 is 0 Å². The van der Waals surface area contributed by atoms with Crippen molar-refractivity contribution in [2.24, 2.45) is 17.4 Å². The molecule has 0 bridgehead atoms. The highest BCUT2D eigenvalue weighted by atomic mass is 32.2. The van der Waals surface area contributed by atoms with Gasteiger partial charge in [0, 0.05) is 17.0 Å². The van der Waals surface area contributed by atoms with E-state index in [9.17, 15) is 0 Å². The Balaban J connectivity index is 1.78. The highest BCUT2D eigenvalue weighted by Gasteiger charge is 2.31. The molecule has 2 aliphatic rings. The van der Waals surface area contributed by atoms with Crippen LogP contribution in [0.5, 0.6) is 0 Å². The highest BCUT2D eigenvalue weighted by Crippen LogP contribution is 2.38. The van der Waals surface area contributed by atoms with Gasteiger partial charge in [0.1, 0.15) is 0 Å². The molecule has 0 spiro atoms. The van der Waals surface area contributed by atoms with Crippen LogP contribution < -0.4 is 11.5 Å². The first kappa shape index (κ1) is 11.6. The lowest BCUT2D eigenvalue weighted by atomic mass is 9.74. The molecule has 92 valence electrons. The van der Waals surface area contributed by atoms with Crippen LogP contribution in [0.25, 0.3) is 0 Å². The zero-order chi connectivity index (χ0) is 11.8.